The van der Waals surface area contributed by atoms with Crippen molar-refractivity contribution in [3.63, 3.8) is 0 Å². The molecule has 0 aromatic carbocycles. The van der Waals surface area contributed by atoms with Crippen LogP contribution in [0.1, 0.15) is 38.3 Å². The van der Waals surface area contributed by atoms with Crippen molar-refractivity contribution in [3.05, 3.63) is 5.69 Å². The maximum Gasteiger partial charge on any atom is 0.147 e. The Labute approximate surface area is 97.2 Å². The van der Waals surface area contributed by atoms with Gasteiger partial charge in [0.1, 0.15) is 5.82 Å². The molecule has 3 N–H and O–H groups in total. The number of nitrogens with zero attached hydrogens (tertiary/aromatic N) is 2. The molecule has 1 aliphatic carbocycles. The highest BCUT2D eigenvalue weighted by Crippen LogP contribution is 2.28. The second-order valence-corrected chi connectivity index (χ2v) is 5.08. The fraction of sp³-hybridized carbons (Fsp3) is 0.750. The molecule has 2 rings (SSSR count). The van der Waals surface area contributed by atoms with Crippen molar-refractivity contribution in [2.45, 2.75) is 45.6 Å². The molecule has 90 valence electrons. The number of nitrogens with two attached hydrogens (primary N) is 1. The monoisotopic (exact) mass is 222 g/mol. The SMILES string of the molecule is Cc1nn(C)c(NC2CCCC(C)C2)c1N. The van der Waals surface area contributed by atoms with Crippen molar-refractivity contribution >= 4 is 11.5 Å². The molecule has 4 nitrogen and oxygen atoms in total. The zero-order chi connectivity index (χ0) is 11.7. The molecule has 2 atom stereocenters. The minimum atomic E-state index is 0.556. The number of aromatic nitrogens is 2. The van der Waals surface area contributed by atoms with Gasteiger partial charge in [0.25, 0.3) is 0 Å². The lowest BCUT2D eigenvalue weighted by Gasteiger charge is -2.28. The molecule has 1 aliphatic rings. The smallest absolute Gasteiger partial charge is 0.147 e. The third kappa shape index (κ3) is 2.15. The molecule has 0 radical (unpaired) electrons. The average Bonchev–Trinajstić information content (AvgIpc) is 2.45. The van der Waals surface area contributed by atoms with Gasteiger partial charge in [0.15, 0.2) is 0 Å². The molecule has 1 heterocycles. The first-order valence-corrected chi connectivity index (χ1v) is 6.13. The first-order valence-electron chi connectivity index (χ1n) is 6.13. The molecule has 2 unspecified atom stereocenters. The Morgan fingerprint density at radius 3 is 2.75 bits per heavy atom. The van der Waals surface area contributed by atoms with E-state index in [9.17, 15) is 0 Å². The van der Waals surface area contributed by atoms with Gasteiger partial charge in [-0.2, -0.15) is 5.10 Å². The molecule has 4 heteroatoms. The Morgan fingerprint density at radius 2 is 2.19 bits per heavy atom. The van der Waals surface area contributed by atoms with E-state index >= 15 is 0 Å². The number of hydrogen-bond acceptors (Lipinski definition) is 3. The summed E-state index contributed by atoms with van der Waals surface area (Å²) < 4.78 is 1.85. The second kappa shape index (κ2) is 4.36. The summed E-state index contributed by atoms with van der Waals surface area (Å²) in [5.41, 5.74) is 7.71. The average molecular weight is 222 g/mol. The zero-order valence-corrected chi connectivity index (χ0v) is 10.5. The lowest BCUT2D eigenvalue weighted by Crippen LogP contribution is -2.27. The summed E-state index contributed by atoms with van der Waals surface area (Å²) in [4.78, 5) is 0. The van der Waals surface area contributed by atoms with Gasteiger partial charge in [-0.25, -0.2) is 0 Å². The topological polar surface area (TPSA) is 55.9 Å². The van der Waals surface area contributed by atoms with E-state index in [1.165, 1.54) is 25.7 Å². The van der Waals surface area contributed by atoms with Crippen molar-refractivity contribution in [2.24, 2.45) is 13.0 Å². The Hall–Kier alpha value is -1.19. The summed E-state index contributed by atoms with van der Waals surface area (Å²) in [5.74, 6) is 1.80. The normalized spacial score (nSPS) is 25.7. The van der Waals surface area contributed by atoms with E-state index in [4.69, 9.17) is 5.73 Å². The highest BCUT2D eigenvalue weighted by Gasteiger charge is 2.21. The Morgan fingerprint density at radius 1 is 1.44 bits per heavy atom. The largest absolute Gasteiger partial charge is 0.394 e. The van der Waals surface area contributed by atoms with E-state index in [1.807, 2.05) is 18.7 Å². The highest BCUT2D eigenvalue weighted by atomic mass is 15.3. The molecular formula is C12H22N4. The molecule has 0 saturated heterocycles. The first kappa shape index (κ1) is 11.3. The minimum absolute atomic E-state index is 0.556. The van der Waals surface area contributed by atoms with Crippen LogP contribution < -0.4 is 11.1 Å². The van der Waals surface area contributed by atoms with Gasteiger partial charge >= 0.3 is 0 Å². The van der Waals surface area contributed by atoms with Crippen LogP contribution in [0.3, 0.4) is 0 Å². The number of nitrogen functional groups attached to an aromatic ring is 1. The predicted molar refractivity (Wildman–Crippen MR) is 67.4 cm³/mol. The van der Waals surface area contributed by atoms with Crippen LogP contribution in [0.25, 0.3) is 0 Å². The standard InChI is InChI=1S/C12H22N4/c1-8-5-4-6-10(7-8)14-12-11(13)9(2)15-16(12)3/h8,10,14H,4-7,13H2,1-3H3. The second-order valence-electron chi connectivity index (χ2n) is 5.08. The van der Waals surface area contributed by atoms with E-state index in [1.54, 1.807) is 0 Å². The van der Waals surface area contributed by atoms with Crippen LogP contribution in [0.15, 0.2) is 0 Å². The van der Waals surface area contributed by atoms with E-state index in [-0.39, 0.29) is 0 Å². The van der Waals surface area contributed by atoms with Crippen LogP contribution in [0.5, 0.6) is 0 Å². The van der Waals surface area contributed by atoms with Crippen LogP contribution in [0, 0.1) is 12.8 Å². The summed E-state index contributed by atoms with van der Waals surface area (Å²) in [6.07, 6.45) is 5.16. The summed E-state index contributed by atoms with van der Waals surface area (Å²) in [6, 6.07) is 0.556. The van der Waals surface area contributed by atoms with Gasteiger partial charge in [-0.05, 0) is 25.7 Å². The molecule has 1 saturated carbocycles. The van der Waals surface area contributed by atoms with Gasteiger partial charge in [0.05, 0.1) is 11.4 Å². The quantitative estimate of drug-likeness (QED) is 0.807. The lowest BCUT2D eigenvalue weighted by molar-refractivity contribution is 0.357. The Kier molecular flexibility index (Phi) is 3.08. The predicted octanol–water partition coefficient (Wildman–Crippen LogP) is 2.30. The van der Waals surface area contributed by atoms with Crippen LogP contribution in [0.2, 0.25) is 0 Å². The third-order valence-corrected chi connectivity index (χ3v) is 3.55. The Balaban J connectivity index is 2.08. The van der Waals surface area contributed by atoms with Crippen molar-refractivity contribution in [2.75, 3.05) is 11.1 Å². The summed E-state index contributed by atoms with van der Waals surface area (Å²) in [6.45, 7) is 4.27. The van der Waals surface area contributed by atoms with Crippen LogP contribution in [-0.2, 0) is 7.05 Å². The lowest BCUT2D eigenvalue weighted by atomic mass is 9.87. The van der Waals surface area contributed by atoms with E-state index < -0.39 is 0 Å². The molecular weight excluding hydrogens is 200 g/mol. The van der Waals surface area contributed by atoms with E-state index in [0.29, 0.717) is 6.04 Å². The number of hydrogen-bond donors (Lipinski definition) is 2. The molecule has 0 spiro atoms. The molecule has 16 heavy (non-hydrogen) atoms. The maximum atomic E-state index is 6.01. The Bertz CT molecular complexity index is 369. The van der Waals surface area contributed by atoms with Gasteiger partial charge in [-0.3, -0.25) is 4.68 Å². The molecule has 0 amide bonds. The van der Waals surface area contributed by atoms with Crippen LogP contribution >= 0.6 is 0 Å². The third-order valence-electron chi connectivity index (χ3n) is 3.55. The van der Waals surface area contributed by atoms with Gasteiger partial charge in [0, 0.05) is 13.1 Å². The number of aryl methyl sites for hydroxylation is 2. The van der Waals surface area contributed by atoms with Crippen molar-refractivity contribution < 1.29 is 0 Å². The number of nitrogens with one attached hydrogen (secondary N) is 1. The summed E-state index contributed by atoms with van der Waals surface area (Å²) in [5, 5.41) is 7.87. The first-order chi connectivity index (χ1) is 7.58. The van der Waals surface area contributed by atoms with Crippen LogP contribution in [0.4, 0.5) is 11.5 Å². The molecule has 1 fully saturated rings. The highest BCUT2D eigenvalue weighted by molar-refractivity contribution is 5.64. The molecule has 1 aromatic rings. The number of anilines is 2. The fourth-order valence-corrected chi connectivity index (χ4v) is 2.60. The van der Waals surface area contributed by atoms with Crippen molar-refractivity contribution in [1.29, 1.82) is 0 Å². The number of rotatable bonds is 2. The summed E-state index contributed by atoms with van der Waals surface area (Å²) >= 11 is 0. The van der Waals surface area contributed by atoms with Gasteiger partial charge in [-0.1, -0.05) is 19.8 Å². The van der Waals surface area contributed by atoms with Crippen LogP contribution in [-0.4, -0.2) is 15.8 Å². The molecule has 0 bridgehead atoms. The van der Waals surface area contributed by atoms with E-state index in [2.05, 4.69) is 17.3 Å². The molecule has 0 aliphatic heterocycles. The fourth-order valence-electron chi connectivity index (χ4n) is 2.60. The van der Waals surface area contributed by atoms with Gasteiger partial charge < -0.3 is 11.1 Å². The van der Waals surface area contributed by atoms with E-state index in [0.717, 1.165) is 23.1 Å². The van der Waals surface area contributed by atoms with Crippen molar-refractivity contribution in [3.8, 4) is 0 Å². The maximum absolute atomic E-state index is 6.01. The zero-order valence-electron chi connectivity index (χ0n) is 10.5. The van der Waals surface area contributed by atoms with Crippen molar-refractivity contribution in [1.82, 2.24) is 9.78 Å². The van der Waals surface area contributed by atoms with Gasteiger partial charge in [0.2, 0.25) is 0 Å². The molecule has 1 aromatic heterocycles. The summed E-state index contributed by atoms with van der Waals surface area (Å²) in [7, 11) is 1.94. The minimum Gasteiger partial charge on any atom is -0.394 e. The van der Waals surface area contributed by atoms with Gasteiger partial charge in [-0.15, -0.1) is 0 Å².